The summed E-state index contributed by atoms with van der Waals surface area (Å²) in [7, 11) is -6.33. The van der Waals surface area contributed by atoms with E-state index >= 15 is 0 Å². The van der Waals surface area contributed by atoms with E-state index in [0.29, 0.717) is 68.6 Å². The van der Waals surface area contributed by atoms with E-state index in [1.807, 2.05) is 6.92 Å². The molecule has 0 bridgehead atoms. The van der Waals surface area contributed by atoms with Crippen LogP contribution in [0.25, 0.3) is 0 Å². The zero-order valence-corrected chi connectivity index (χ0v) is 83.0. The third-order valence-corrected chi connectivity index (χ3v) is 43.3. The number of fused-ring (bicyclic) bond motifs is 3. The van der Waals surface area contributed by atoms with Gasteiger partial charge in [0.2, 0.25) is 5.95 Å². The van der Waals surface area contributed by atoms with Crippen molar-refractivity contribution in [2.45, 2.75) is 253 Å². The van der Waals surface area contributed by atoms with E-state index < -0.39 is 70.6 Å². The first-order valence-corrected chi connectivity index (χ1v) is 55.5. The van der Waals surface area contributed by atoms with E-state index in [2.05, 4.69) is 182 Å². The van der Waals surface area contributed by atoms with Crippen molar-refractivity contribution in [3.05, 3.63) is 122 Å². The number of unbranched alkanes of at least 4 members (excludes halogenated alkanes) is 4. The Bertz CT molecular complexity index is 3450. The van der Waals surface area contributed by atoms with Crippen LogP contribution in [-0.4, -0.2) is 170 Å². The van der Waals surface area contributed by atoms with Gasteiger partial charge in [0.05, 0.1) is 65.1 Å². The number of hydroxylamine groups is 4. The van der Waals surface area contributed by atoms with Crippen LogP contribution in [0.15, 0.2) is 71.2 Å². The molecule has 3 aromatic carbocycles. The largest absolute Gasteiger partial charge is 0.417 e. The Hall–Kier alpha value is -4.62. The first-order chi connectivity index (χ1) is 51.9. The summed E-state index contributed by atoms with van der Waals surface area (Å²) in [5.41, 5.74) is 10.4. The summed E-state index contributed by atoms with van der Waals surface area (Å²) >= 11 is 6.77. The van der Waals surface area contributed by atoms with Gasteiger partial charge in [-0.15, -0.1) is 10.1 Å². The Morgan fingerprint density at radius 3 is 1.29 bits per heavy atom. The number of thiocarbonyl (C=S) groups is 1. The van der Waals surface area contributed by atoms with Gasteiger partial charge in [0.25, 0.3) is 23.6 Å². The average Bonchev–Trinajstić information content (AvgIpc) is 1.42. The van der Waals surface area contributed by atoms with Crippen LogP contribution >= 0.6 is 28.1 Å². The summed E-state index contributed by atoms with van der Waals surface area (Å²) in [6, 6.07) is 17.6. The van der Waals surface area contributed by atoms with Crippen molar-refractivity contribution in [2.75, 3.05) is 71.8 Å². The number of rotatable bonds is 27. The van der Waals surface area contributed by atoms with Crippen LogP contribution in [-0.2, 0) is 83.7 Å². The first-order valence-electron chi connectivity index (χ1n) is 38.2. The van der Waals surface area contributed by atoms with Crippen molar-refractivity contribution in [2.24, 2.45) is 11.8 Å². The number of nitrogens with one attached hydrogen (secondary N) is 1. The minimum Gasteiger partial charge on any atom is -0.417 e. The number of amides is 4. The molecule has 0 radical (unpaired) electrons. The molecule has 1 atom stereocenters. The van der Waals surface area contributed by atoms with Crippen LogP contribution in [0.4, 0.5) is 10.3 Å². The van der Waals surface area contributed by atoms with Gasteiger partial charge < -0.3 is 48.3 Å². The predicted molar refractivity (Wildman–Crippen MR) is 449 cm³/mol. The Morgan fingerprint density at radius 1 is 0.598 bits per heavy atom. The fourth-order valence-corrected chi connectivity index (χ4v) is 15.9. The number of aliphatic hydroxyl groups excluding tert-OH is 1. The zero-order chi connectivity index (χ0) is 85.7. The number of aryl methyl sites for hydroxylation is 1. The number of nitrogen functional groups attached to an aromatic ring is 1. The Labute approximate surface area is 697 Å². The molecule has 1 saturated heterocycles. The van der Waals surface area contributed by atoms with E-state index in [4.69, 9.17) is 67.3 Å². The molecule has 9 N–H and O–H groups in total. The van der Waals surface area contributed by atoms with Gasteiger partial charge in [-0.1, -0.05) is 142 Å². The maximum Gasteiger partial charge on any atom is 0.285 e. The number of nitrogens with zero attached hydrogens (tertiary/aromatic N) is 4. The maximum atomic E-state index is 13.2. The van der Waals surface area contributed by atoms with Crippen molar-refractivity contribution in [1.29, 1.82) is 0 Å². The van der Waals surface area contributed by atoms with Crippen molar-refractivity contribution in [3.8, 4) is 0 Å². The van der Waals surface area contributed by atoms with Gasteiger partial charge >= 0.3 is 66.2 Å². The fourth-order valence-electron chi connectivity index (χ4n) is 9.04. The van der Waals surface area contributed by atoms with E-state index in [0.717, 1.165) is 112 Å². The van der Waals surface area contributed by atoms with Gasteiger partial charge in [0.15, 0.2) is 33.3 Å². The Morgan fingerprint density at radius 2 is 0.955 bits per heavy atom. The van der Waals surface area contributed by atoms with Crippen LogP contribution in [0.5, 0.6) is 0 Å². The third kappa shape index (κ3) is 37.8. The molecule has 0 spiro atoms. The molecule has 4 aliphatic heterocycles. The van der Waals surface area contributed by atoms with E-state index in [1.54, 1.807) is 42.5 Å². The summed E-state index contributed by atoms with van der Waals surface area (Å²) < 4.78 is 51.8. The normalized spacial score (nSPS) is 14.7. The molecule has 1 fully saturated rings. The summed E-state index contributed by atoms with van der Waals surface area (Å²) in [6.07, 6.45) is 10.6. The molecule has 4 aromatic rings. The summed E-state index contributed by atoms with van der Waals surface area (Å²) in [6.45, 7) is 56.4. The van der Waals surface area contributed by atoms with Crippen molar-refractivity contribution in [3.63, 3.8) is 0 Å². The fraction of sp³-hybridized carbons (Fsp3) is 0.628. The van der Waals surface area contributed by atoms with E-state index in [1.165, 1.54) is 51.0 Å². The first kappa shape index (κ1) is 105. The molecule has 0 aliphatic carbocycles. The number of hydrogen-bond acceptors (Lipinski definition) is 24. The number of hydrogen-bond donors (Lipinski definition) is 6. The standard InChI is InChI=1S/C18H27NO4Si.C14H12BrFN4S.2C10H25NO2Si.C10H24O2Si.C8H5NO3.C4H8O.2C2H4O2.Hg/c1-18(2,3)24(4,5)23-13-9-8-12-22-19-16(20)14-10-6-7-11-15(14)17(19)21;1-6-12-11(20-14(17)18-6)5-10(19-13(12)21)8-3-2-7(16)4-9(8)15;2*1-10(2,3)14(4,5)13-9-7-6-8-12-11;1-10(2,3)13(4,5)12-9-7-6-8-11;10-7-5-3-1-2-4-6(5)8(11)9(7)12;1-2-4-5-3-1;2*1-2(3)4;/h6-7,10-11H,8-9,12-13H2,1-5H3;2-4,10H,5H2,1H3,(H,19,21)(H2,17,18,20);2*6-9,11H2,1-5H3;11H,6-9H2,1-5H3;1-4,12H;1-4H2;2*1H3,(H,3,4);/q;;;;;;;;;+2/p-2/t;10-;;;;;;;;/m.1......../s1. The number of ether oxygens (including phenoxy) is 1. The van der Waals surface area contributed by atoms with Crippen LogP contribution in [0.1, 0.15) is 231 Å². The monoisotopic (exact) mass is 1910 g/mol. The molecule has 34 heteroatoms. The number of benzene rings is 3. The smallest absolute Gasteiger partial charge is 0.285 e. The average molecular weight is 1910 g/mol. The van der Waals surface area contributed by atoms with Gasteiger partial charge in [-0.3, -0.25) is 29.2 Å². The van der Waals surface area contributed by atoms with Gasteiger partial charge in [-0.2, -0.15) is 0 Å². The number of nitrogens with two attached hydrogens (primary N) is 3. The molecule has 630 valence electrons. The maximum absolute atomic E-state index is 13.2. The second-order valence-electron chi connectivity index (χ2n) is 33.1. The second kappa shape index (κ2) is 50.9. The Balaban J connectivity index is 0.000000660. The molecule has 4 aliphatic rings. The number of halogens is 2. The third-order valence-electron chi connectivity index (χ3n) is 20.0. The van der Waals surface area contributed by atoms with Crippen LogP contribution < -0.4 is 22.8 Å². The molecule has 0 unspecified atom stereocenters. The number of carbonyl (C=O) groups excluding carboxylic acids is 6. The molecule has 0 saturated carbocycles. The molecule has 112 heavy (non-hydrogen) atoms. The number of anilines is 1. The minimum absolute atomic E-state index is 0.0753. The summed E-state index contributed by atoms with van der Waals surface area (Å²) in [5, 5.41) is 22.9. The molecule has 4 amide bonds. The van der Waals surface area contributed by atoms with Crippen LogP contribution in [0.2, 0.25) is 72.5 Å². The molecule has 1 aromatic heterocycles. The molecule has 8 rings (SSSR count). The topological polar surface area (TPSA) is 358 Å². The summed E-state index contributed by atoms with van der Waals surface area (Å²) in [5.74, 6) is 7.02. The zero-order valence-electron chi connectivity index (χ0n) is 71.1. The molecular weight excluding hydrogens is 1780 g/mol. The number of imide groups is 2. The van der Waals surface area contributed by atoms with E-state index in [-0.39, 0.29) is 69.4 Å². The quantitative estimate of drug-likeness (QED) is 0.00806. The van der Waals surface area contributed by atoms with E-state index in [9.17, 15) is 33.2 Å². The predicted octanol–water partition coefficient (Wildman–Crippen LogP) is 16.5. The van der Waals surface area contributed by atoms with Gasteiger partial charge in [0, 0.05) is 57.1 Å². The van der Waals surface area contributed by atoms with Gasteiger partial charge in [0.1, 0.15) is 10.8 Å². The SMILES string of the molecule is C1CCOC1.CC(=O)[O][Hg][O]C(C)=O.CC(C)(C)[Si](C)(C)OCCCCO.CC(C)(C)[Si](C)(C)OCCCCON.CC(C)(C)[Si](C)(C)OCCCCON.CC(C)(C)[Si](C)(C)OCCCCON1C(=O)c2ccccc2C1=O.Cc1nc(N)nc2c1C(=S)N[C@@H](c1ccc(F)cc1Br)C2.O=C1c2ccccc2C(=O)N1O. The molecule has 5 heterocycles. The van der Waals surface area contributed by atoms with Crippen LogP contribution in [0, 0.1) is 12.7 Å². The van der Waals surface area contributed by atoms with Crippen LogP contribution in [0.3, 0.4) is 0 Å². The number of aromatic nitrogens is 2. The van der Waals surface area contributed by atoms with Gasteiger partial charge in [-0.25, -0.2) is 26.2 Å². The number of carbonyl (C=O) groups is 6. The Kier molecular flexibility index (Phi) is 47.9. The molecular formula is C78H132BrFHgN8O18SSi4. The van der Waals surface area contributed by atoms with Crippen molar-refractivity contribution >= 4 is 108 Å². The number of aliphatic hydroxyl groups is 1. The second-order valence-corrected chi connectivity index (χ2v) is 56.7. The van der Waals surface area contributed by atoms with Gasteiger partial charge in [-0.05, 0) is 186 Å². The van der Waals surface area contributed by atoms with Crippen molar-refractivity contribution < 1.29 is 111 Å². The summed E-state index contributed by atoms with van der Waals surface area (Å²) in [4.78, 5) is 89.9. The van der Waals surface area contributed by atoms with Crippen molar-refractivity contribution in [1.82, 2.24) is 25.4 Å². The minimum atomic E-state index is -2.04. The molecule has 26 nitrogen and oxygen atoms in total.